The van der Waals surface area contributed by atoms with E-state index in [1.54, 1.807) is 13.0 Å². The number of halogens is 1. The van der Waals surface area contributed by atoms with Crippen LogP contribution in [0.4, 0.5) is 0 Å². The Morgan fingerprint density at radius 3 is 2.85 bits per heavy atom. The molecule has 0 saturated carbocycles. The van der Waals surface area contributed by atoms with E-state index >= 15 is 0 Å². The Labute approximate surface area is 170 Å². The van der Waals surface area contributed by atoms with Crippen LogP contribution in [0.1, 0.15) is 35.3 Å². The van der Waals surface area contributed by atoms with Crippen LogP contribution in [0.25, 0.3) is 0 Å². The number of methoxy groups -OCH3 is 1. The van der Waals surface area contributed by atoms with Gasteiger partial charge in [-0.05, 0) is 37.3 Å². The highest BCUT2D eigenvalue weighted by atomic mass is 79.9. The average molecular weight is 450 g/mol. The number of hydrogen-bond acceptors (Lipinski definition) is 5. The van der Waals surface area contributed by atoms with Crippen LogP contribution in [0.3, 0.4) is 0 Å². The third-order valence-corrected chi connectivity index (χ3v) is 5.93. The lowest BCUT2D eigenvalue weighted by Gasteiger charge is -2.27. The first-order valence-electron chi connectivity index (χ1n) is 8.56. The van der Waals surface area contributed by atoms with Crippen molar-refractivity contribution in [3.05, 3.63) is 58.1 Å². The summed E-state index contributed by atoms with van der Waals surface area (Å²) in [4.78, 5) is 25.4. The molecular weight excluding hydrogens is 430 g/mol. The Morgan fingerprint density at radius 1 is 1.30 bits per heavy atom. The van der Waals surface area contributed by atoms with Crippen LogP contribution in [0.2, 0.25) is 0 Å². The van der Waals surface area contributed by atoms with Gasteiger partial charge in [0.05, 0.1) is 25.3 Å². The lowest BCUT2D eigenvalue weighted by Crippen LogP contribution is -2.32. The number of amides is 1. The molecule has 0 spiro atoms. The molecule has 7 heteroatoms. The van der Waals surface area contributed by atoms with Crippen molar-refractivity contribution in [1.82, 2.24) is 5.32 Å². The summed E-state index contributed by atoms with van der Waals surface area (Å²) in [7, 11) is 1.36. The van der Waals surface area contributed by atoms with Gasteiger partial charge in [0.15, 0.2) is 0 Å². The molecule has 2 atom stereocenters. The topological polar surface area (TPSA) is 64.6 Å². The molecule has 1 aliphatic heterocycles. The maximum Gasteiger partial charge on any atom is 0.318 e. The Bertz CT molecular complexity index is 858. The molecule has 0 aliphatic carbocycles. The van der Waals surface area contributed by atoms with Gasteiger partial charge in [0, 0.05) is 21.4 Å². The first-order chi connectivity index (χ1) is 13.0. The Hall–Kier alpha value is -1.99. The van der Waals surface area contributed by atoms with Crippen LogP contribution in [-0.2, 0) is 9.53 Å². The first-order valence-corrected chi connectivity index (χ1v) is 10.2. The maximum absolute atomic E-state index is 13.0. The molecule has 2 aromatic rings. The molecule has 3 rings (SSSR count). The monoisotopic (exact) mass is 449 g/mol. The van der Waals surface area contributed by atoms with Crippen molar-refractivity contribution >= 4 is 39.6 Å². The Balaban J connectivity index is 1.80. The summed E-state index contributed by atoms with van der Waals surface area (Å²) >= 11 is 4.79. The fraction of sp³-hybridized carbons (Fsp3) is 0.300. The molecule has 2 unspecified atom stereocenters. The molecular formula is C20H20BrNO4S. The van der Waals surface area contributed by atoms with E-state index in [4.69, 9.17) is 9.47 Å². The largest absolute Gasteiger partial charge is 0.493 e. The molecule has 27 heavy (non-hydrogen) atoms. The average Bonchev–Trinajstić information content (AvgIpc) is 2.68. The number of esters is 1. The SMILES string of the molecule is COC(=O)C(C)Sc1ccccc1C(=O)NC1CCOc2ccc(Br)cc21. The zero-order valence-electron chi connectivity index (χ0n) is 15.0. The summed E-state index contributed by atoms with van der Waals surface area (Å²) in [5.41, 5.74) is 1.50. The Kier molecular flexibility index (Phi) is 6.44. The molecule has 0 aromatic heterocycles. The van der Waals surface area contributed by atoms with Gasteiger partial charge >= 0.3 is 5.97 Å². The van der Waals surface area contributed by atoms with Gasteiger partial charge in [0.2, 0.25) is 0 Å². The molecule has 5 nitrogen and oxygen atoms in total. The highest BCUT2D eigenvalue weighted by Crippen LogP contribution is 2.35. The number of fused-ring (bicyclic) bond motifs is 1. The quantitative estimate of drug-likeness (QED) is 0.542. The van der Waals surface area contributed by atoms with Gasteiger partial charge in [-0.3, -0.25) is 9.59 Å². The van der Waals surface area contributed by atoms with E-state index in [0.29, 0.717) is 18.6 Å². The number of nitrogens with one attached hydrogen (secondary N) is 1. The van der Waals surface area contributed by atoms with Gasteiger partial charge in [-0.1, -0.05) is 28.1 Å². The fourth-order valence-corrected chi connectivity index (χ4v) is 4.31. The first kappa shape index (κ1) is 19.8. The zero-order chi connectivity index (χ0) is 19.4. The molecule has 0 saturated heterocycles. The maximum atomic E-state index is 13.0. The number of thioether (sulfide) groups is 1. The molecule has 142 valence electrons. The number of carbonyl (C=O) groups is 2. The molecule has 1 amide bonds. The molecule has 0 bridgehead atoms. The fourth-order valence-electron chi connectivity index (χ4n) is 2.91. The summed E-state index contributed by atoms with van der Waals surface area (Å²) in [5.74, 6) is 0.295. The molecule has 0 fully saturated rings. The molecule has 1 heterocycles. The highest BCUT2D eigenvalue weighted by molar-refractivity contribution is 9.10. The standard InChI is InChI=1S/C20H20BrNO4S/c1-12(20(24)25-2)27-18-6-4-3-5-14(18)19(23)22-16-9-10-26-17-8-7-13(21)11-15(16)17/h3-8,11-12,16H,9-10H2,1-2H3,(H,22,23). The van der Waals surface area contributed by atoms with Crippen LogP contribution in [0.5, 0.6) is 5.75 Å². The second-order valence-corrected chi connectivity index (χ2v) is 8.42. The molecule has 1 N–H and O–H groups in total. The second kappa shape index (κ2) is 8.80. The van der Waals surface area contributed by atoms with Crippen molar-refractivity contribution in [1.29, 1.82) is 0 Å². The molecule has 2 aromatic carbocycles. The predicted octanol–water partition coefficient (Wildman–Crippen LogP) is 4.36. The Morgan fingerprint density at radius 2 is 2.07 bits per heavy atom. The second-order valence-electron chi connectivity index (χ2n) is 6.12. The van der Waals surface area contributed by atoms with Gasteiger partial charge in [0.25, 0.3) is 5.91 Å². The van der Waals surface area contributed by atoms with E-state index in [9.17, 15) is 9.59 Å². The van der Waals surface area contributed by atoms with Gasteiger partial charge < -0.3 is 14.8 Å². The smallest absolute Gasteiger partial charge is 0.318 e. The van der Waals surface area contributed by atoms with E-state index in [2.05, 4.69) is 21.2 Å². The third-order valence-electron chi connectivity index (χ3n) is 4.29. The van der Waals surface area contributed by atoms with E-state index < -0.39 is 5.25 Å². The minimum absolute atomic E-state index is 0.130. The van der Waals surface area contributed by atoms with Gasteiger partial charge in [-0.15, -0.1) is 11.8 Å². The van der Waals surface area contributed by atoms with Crippen molar-refractivity contribution in [2.45, 2.75) is 29.5 Å². The summed E-state index contributed by atoms with van der Waals surface area (Å²) in [6, 6.07) is 12.9. The normalized spacial score (nSPS) is 16.6. The molecule has 0 radical (unpaired) electrons. The highest BCUT2D eigenvalue weighted by Gasteiger charge is 2.25. The minimum atomic E-state index is -0.399. The van der Waals surface area contributed by atoms with E-state index in [1.807, 2.05) is 36.4 Å². The van der Waals surface area contributed by atoms with Crippen LogP contribution in [0.15, 0.2) is 51.8 Å². The van der Waals surface area contributed by atoms with Gasteiger partial charge in [-0.25, -0.2) is 0 Å². The van der Waals surface area contributed by atoms with Crippen LogP contribution in [0, 0.1) is 0 Å². The molecule has 1 aliphatic rings. The summed E-state index contributed by atoms with van der Waals surface area (Å²) < 4.78 is 11.4. The van der Waals surface area contributed by atoms with Crippen molar-refractivity contribution in [3.8, 4) is 5.75 Å². The van der Waals surface area contributed by atoms with Crippen LogP contribution in [-0.4, -0.2) is 30.8 Å². The lowest BCUT2D eigenvalue weighted by atomic mass is 10.00. The van der Waals surface area contributed by atoms with Gasteiger partial charge in [-0.2, -0.15) is 0 Å². The van der Waals surface area contributed by atoms with E-state index in [-0.39, 0.29) is 17.9 Å². The summed E-state index contributed by atoms with van der Waals surface area (Å²) in [5, 5.41) is 2.71. The van der Waals surface area contributed by atoms with E-state index in [1.165, 1.54) is 18.9 Å². The van der Waals surface area contributed by atoms with Crippen molar-refractivity contribution < 1.29 is 19.1 Å². The predicted molar refractivity (Wildman–Crippen MR) is 108 cm³/mol. The minimum Gasteiger partial charge on any atom is -0.493 e. The van der Waals surface area contributed by atoms with Crippen LogP contribution < -0.4 is 10.1 Å². The van der Waals surface area contributed by atoms with E-state index in [0.717, 1.165) is 20.7 Å². The van der Waals surface area contributed by atoms with Gasteiger partial charge in [0.1, 0.15) is 11.0 Å². The lowest BCUT2D eigenvalue weighted by molar-refractivity contribution is -0.139. The van der Waals surface area contributed by atoms with Crippen molar-refractivity contribution in [2.24, 2.45) is 0 Å². The third kappa shape index (κ3) is 4.65. The number of carbonyl (C=O) groups excluding carboxylic acids is 2. The van der Waals surface area contributed by atoms with Crippen LogP contribution >= 0.6 is 27.7 Å². The number of hydrogen-bond donors (Lipinski definition) is 1. The summed E-state index contributed by atoms with van der Waals surface area (Å²) in [6.07, 6.45) is 0.697. The van der Waals surface area contributed by atoms with Crippen molar-refractivity contribution in [3.63, 3.8) is 0 Å². The number of ether oxygens (including phenoxy) is 2. The number of rotatable bonds is 5. The summed E-state index contributed by atoms with van der Waals surface area (Å²) in [6.45, 7) is 2.31. The number of benzene rings is 2. The van der Waals surface area contributed by atoms with Crippen molar-refractivity contribution in [2.75, 3.05) is 13.7 Å². The zero-order valence-corrected chi connectivity index (χ0v) is 17.4.